The number of allylic oxidation sites excluding steroid dienone is 3. The van der Waals surface area contributed by atoms with Crippen molar-refractivity contribution in [1.82, 2.24) is 0 Å². The third-order valence-electron chi connectivity index (χ3n) is 2.18. The summed E-state index contributed by atoms with van der Waals surface area (Å²) in [5, 5.41) is 0. The van der Waals surface area contributed by atoms with Crippen LogP contribution < -0.4 is 0 Å². The lowest BCUT2D eigenvalue weighted by Gasteiger charge is -2.17. The second-order valence-corrected chi connectivity index (χ2v) is 4.32. The van der Waals surface area contributed by atoms with Crippen LogP contribution in [0.4, 0.5) is 0 Å². The van der Waals surface area contributed by atoms with Gasteiger partial charge in [-0.25, -0.2) is 0 Å². The maximum absolute atomic E-state index is 3.37. The summed E-state index contributed by atoms with van der Waals surface area (Å²) >= 11 is 0. The third-order valence-corrected chi connectivity index (χ3v) is 2.18. The van der Waals surface area contributed by atoms with Crippen molar-refractivity contribution >= 4 is 7.28 Å². The summed E-state index contributed by atoms with van der Waals surface area (Å²) in [6, 6.07) is 0. The quantitative estimate of drug-likeness (QED) is 0.408. The Labute approximate surface area is 76.3 Å². The zero-order valence-corrected chi connectivity index (χ0v) is 8.57. The standard InChI is InChI=1S/C11H17B/c1-9-7-10(12-4)5-6-11(2,3)8-9/h6-7,12H,8H2,1-4H3. The minimum absolute atomic E-state index is 0.289. The number of hydrogen-bond donors (Lipinski definition) is 0. The molecule has 0 heterocycles. The summed E-state index contributed by atoms with van der Waals surface area (Å²) in [7, 11) is 1.09. The molecular weight excluding hydrogens is 143 g/mol. The maximum Gasteiger partial charge on any atom is 0.164 e. The van der Waals surface area contributed by atoms with Crippen molar-refractivity contribution in [1.29, 1.82) is 0 Å². The van der Waals surface area contributed by atoms with Crippen LogP contribution in [0.2, 0.25) is 6.82 Å². The zero-order valence-electron chi connectivity index (χ0n) is 8.57. The van der Waals surface area contributed by atoms with E-state index in [2.05, 4.69) is 45.5 Å². The van der Waals surface area contributed by atoms with E-state index in [0.717, 1.165) is 13.7 Å². The summed E-state index contributed by atoms with van der Waals surface area (Å²) in [5.74, 6) is 0. The van der Waals surface area contributed by atoms with Gasteiger partial charge in [0.05, 0.1) is 0 Å². The largest absolute Gasteiger partial charge is 0.164 e. The number of rotatable bonds is 1. The Balaban J connectivity index is 3.03. The first kappa shape index (κ1) is 9.41. The van der Waals surface area contributed by atoms with Gasteiger partial charge in [-0.15, -0.1) is 5.73 Å². The molecule has 1 heteroatoms. The van der Waals surface area contributed by atoms with Crippen molar-refractivity contribution in [2.24, 2.45) is 5.41 Å². The average molecular weight is 160 g/mol. The highest BCUT2D eigenvalue weighted by Crippen LogP contribution is 2.28. The molecule has 0 aromatic heterocycles. The maximum atomic E-state index is 3.37. The molecule has 0 spiro atoms. The molecule has 0 aromatic rings. The van der Waals surface area contributed by atoms with Crippen LogP contribution in [0.25, 0.3) is 0 Å². The van der Waals surface area contributed by atoms with Gasteiger partial charge in [0, 0.05) is 0 Å². The minimum Gasteiger partial charge on any atom is -0.131 e. The van der Waals surface area contributed by atoms with Gasteiger partial charge in [-0.3, -0.25) is 0 Å². The van der Waals surface area contributed by atoms with Crippen molar-refractivity contribution in [3.63, 3.8) is 0 Å². The first-order valence-electron chi connectivity index (χ1n) is 4.67. The Morgan fingerprint density at radius 3 is 2.75 bits per heavy atom. The Morgan fingerprint density at radius 2 is 2.17 bits per heavy atom. The molecule has 0 amide bonds. The Kier molecular flexibility index (Phi) is 2.64. The summed E-state index contributed by atoms with van der Waals surface area (Å²) in [6.07, 6.45) is 5.63. The lowest BCUT2D eigenvalue weighted by atomic mass is 9.72. The smallest absolute Gasteiger partial charge is 0.131 e. The van der Waals surface area contributed by atoms with Crippen LogP contribution in [-0.2, 0) is 0 Å². The number of hydrogen-bond acceptors (Lipinski definition) is 0. The molecule has 0 bridgehead atoms. The van der Waals surface area contributed by atoms with Gasteiger partial charge in [0.25, 0.3) is 0 Å². The monoisotopic (exact) mass is 160 g/mol. The molecule has 1 aliphatic rings. The molecule has 64 valence electrons. The van der Waals surface area contributed by atoms with Gasteiger partial charge in [-0.2, -0.15) is 0 Å². The summed E-state index contributed by atoms with van der Waals surface area (Å²) in [4.78, 5) is 0. The fourth-order valence-electron chi connectivity index (χ4n) is 1.65. The van der Waals surface area contributed by atoms with Gasteiger partial charge in [0.15, 0.2) is 7.28 Å². The molecule has 0 N–H and O–H groups in total. The zero-order chi connectivity index (χ0) is 9.19. The van der Waals surface area contributed by atoms with Gasteiger partial charge in [0.1, 0.15) is 0 Å². The first-order valence-corrected chi connectivity index (χ1v) is 4.67. The molecule has 0 aliphatic heterocycles. The summed E-state index contributed by atoms with van der Waals surface area (Å²) < 4.78 is 0. The van der Waals surface area contributed by atoms with Crippen LogP contribution in [0.1, 0.15) is 27.2 Å². The highest BCUT2D eigenvalue weighted by molar-refractivity contribution is 6.44. The first-order chi connectivity index (χ1) is 5.53. The normalized spacial score (nSPS) is 21.0. The highest BCUT2D eigenvalue weighted by Gasteiger charge is 2.15. The van der Waals surface area contributed by atoms with Crippen LogP contribution in [0.5, 0.6) is 0 Å². The molecular formula is C11H17B. The molecule has 1 aliphatic carbocycles. The summed E-state index contributed by atoms with van der Waals surface area (Å²) in [5.41, 5.74) is 6.46. The second-order valence-electron chi connectivity index (χ2n) is 4.32. The van der Waals surface area contributed by atoms with E-state index in [4.69, 9.17) is 0 Å². The van der Waals surface area contributed by atoms with Crippen LogP contribution in [0.15, 0.2) is 28.9 Å². The van der Waals surface area contributed by atoms with Crippen LogP contribution in [0, 0.1) is 5.41 Å². The van der Waals surface area contributed by atoms with Crippen molar-refractivity contribution in [3.05, 3.63) is 28.9 Å². The van der Waals surface area contributed by atoms with E-state index in [1.807, 2.05) is 0 Å². The predicted octanol–water partition coefficient (Wildman–Crippen LogP) is 2.89. The van der Waals surface area contributed by atoms with E-state index in [9.17, 15) is 0 Å². The average Bonchev–Trinajstić information content (AvgIpc) is 2.07. The van der Waals surface area contributed by atoms with Crippen molar-refractivity contribution in [2.45, 2.75) is 34.0 Å². The molecule has 0 aromatic carbocycles. The van der Waals surface area contributed by atoms with Crippen molar-refractivity contribution in [2.75, 3.05) is 0 Å². The topological polar surface area (TPSA) is 0 Å². The second kappa shape index (κ2) is 3.37. The Morgan fingerprint density at radius 1 is 1.50 bits per heavy atom. The van der Waals surface area contributed by atoms with Gasteiger partial charge >= 0.3 is 0 Å². The van der Waals surface area contributed by atoms with Gasteiger partial charge in [0.2, 0.25) is 0 Å². The molecule has 0 nitrogen and oxygen atoms in total. The van der Waals surface area contributed by atoms with Gasteiger partial charge < -0.3 is 0 Å². The third kappa shape index (κ3) is 2.42. The predicted molar refractivity (Wildman–Crippen MR) is 56.8 cm³/mol. The fourth-order valence-corrected chi connectivity index (χ4v) is 1.65. The molecule has 0 saturated heterocycles. The van der Waals surface area contributed by atoms with Crippen molar-refractivity contribution in [3.8, 4) is 0 Å². The van der Waals surface area contributed by atoms with E-state index in [1.54, 1.807) is 0 Å². The summed E-state index contributed by atoms with van der Waals surface area (Å²) in [6.45, 7) is 8.91. The Bertz CT molecular complexity index is 263. The van der Waals surface area contributed by atoms with E-state index >= 15 is 0 Å². The van der Waals surface area contributed by atoms with Crippen LogP contribution in [0.3, 0.4) is 0 Å². The van der Waals surface area contributed by atoms with E-state index in [0.29, 0.717) is 0 Å². The van der Waals surface area contributed by atoms with E-state index in [-0.39, 0.29) is 5.41 Å². The van der Waals surface area contributed by atoms with Gasteiger partial charge in [-0.1, -0.05) is 32.3 Å². The lowest BCUT2D eigenvalue weighted by molar-refractivity contribution is 0.477. The molecule has 12 heavy (non-hydrogen) atoms. The van der Waals surface area contributed by atoms with Crippen molar-refractivity contribution < 1.29 is 0 Å². The van der Waals surface area contributed by atoms with E-state index in [1.165, 1.54) is 11.0 Å². The molecule has 0 unspecified atom stereocenters. The SMILES string of the molecule is CBC1=C=CC(C)(C)CC(C)=C1. The van der Waals surface area contributed by atoms with E-state index < -0.39 is 0 Å². The fraction of sp³-hybridized carbons (Fsp3) is 0.545. The highest BCUT2D eigenvalue weighted by atomic mass is 14.2. The van der Waals surface area contributed by atoms with Crippen LogP contribution >= 0.6 is 0 Å². The molecule has 0 saturated carbocycles. The molecule has 0 radical (unpaired) electrons. The minimum atomic E-state index is 0.289. The Hall–Kier alpha value is -0.675. The molecule has 0 atom stereocenters. The lowest BCUT2D eigenvalue weighted by Crippen LogP contribution is -2.06. The molecule has 1 rings (SSSR count). The van der Waals surface area contributed by atoms with Crippen LogP contribution in [-0.4, -0.2) is 7.28 Å². The molecule has 0 fully saturated rings. The van der Waals surface area contributed by atoms with Gasteiger partial charge in [-0.05, 0) is 30.3 Å².